The summed E-state index contributed by atoms with van der Waals surface area (Å²) in [5.41, 5.74) is 1.06. The highest BCUT2D eigenvalue weighted by Gasteiger charge is 2.26. The number of hydrogen-bond donors (Lipinski definition) is 1. The molecule has 0 radical (unpaired) electrons. The van der Waals surface area contributed by atoms with Crippen LogP contribution in [0.15, 0.2) is 47.4 Å². The van der Waals surface area contributed by atoms with E-state index in [0.717, 1.165) is 43.6 Å². The zero-order chi connectivity index (χ0) is 23.1. The predicted octanol–water partition coefficient (Wildman–Crippen LogP) is 4.01. The normalized spacial score (nSPS) is 15.0. The molecule has 8 heteroatoms. The first kappa shape index (κ1) is 24.2. The molecule has 6 nitrogen and oxygen atoms in total. The van der Waals surface area contributed by atoms with Gasteiger partial charge in [-0.3, -0.25) is 4.79 Å². The third kappa shape index (κ3) is 6.07. The molecule has 0 bridgehead atoms. The van der Waals surface area contributed by atoms with Gasteiger partial charge in [-0.1, -0.05) is 19.1 Å². The summed E-state index contributed by atoms with van der Waals surface area (Å²) in [5.74, 6) is 0.206. The lowest BCUT2D eigenvalue weighted by atomic mass is 9.90. The topological polar surface area (TPSA) is 75.7 Å². The summed E-state index contributed by atoms with van der Waals surface area (Å²) in [6.07, 6.45) is 3.68. The van der Waals surface area contributed by atoms with E-state index in [1.807, 2.05) is 19.1 Å². The van der Waals surface area contributed by atoms with Gasteiger partial charge in [-0.05, 0) is 74.4 Å². The lowest BCUT2D eigenvalue weighted by Crippen LogP contribution is -2.39. The van der Waals surface area contributed by atoms with E-state index < -0.39 is 21.7 Å². The van der Waals surface area contributed by atoms with Crippen molar-refractivity contribution in [2.24, 2.45) is 5.92 Å². The van der Waals surface area contributed by atoms with Crippen molar-refractivity contribution in [1.29, 1.82) is 0 Å². The third-order valence-electron chi connectivity index (χ3n) is 5.79. The summed E-state index contributed by atoms with van der Waals surface area (Å²) in [4.78, 5) is 14.4. The van der Waals surface area contributed by atoms with Crippen LogP contribution >= 0.6 is 0 Å². The van der Waals surface area contributed by atoms with Gasteiger partial charge >= 0.3 is 0 Å². The van der Waals surface area contributed by atoms with Crippen molar-refractivity contribution in [3.63, 3.8) is 0 Å². The second kappa shape index (κ2) is 10.9. The second-order valence-corrected chi connectivity index (χ2v) is 9.76. The largest absolute Gasteiger partial charge is 0.494 e. The number of hydrogen-bond acceptors (Lipinski definition) is 4. The lowest BCUT2D eigenvalue weighted by molar-refractivity contribution is 0.0682. The Labute approximate surface area is 189 Å². The van der Waals surface area contributed by atoms with E-state index >= 15 is 0 Å². The van der Waals surface area contributed by atoms with Crippen molar-refractivity contribution in [2.75, 3.05) is 26.2 Å². The molecule has 0 saturated carbocycles. The molecular formula is C24H31FN2O4S. The molecule has 0 spiro atoms. The van der Waals surface area contributed by atoms with Gasteiger partial charge in [0.25, 0.3) is 5.91 Å². The van der Waals surface area contributed by atoms with Crippen LogP contribution in [0.2, 0.25) is 0 Å². The highest BCUT2D eigenvalue weighted by Crippen LogP contribution is 2.25. The lowest BCUT2D eigenvalue weighted by Gasteiger charge is -2.32. The Morgan fingerprint density at radius 2 is 1.81 bits per heavy atom. The van der Waals surface area contributed by atoms with Crippen LogP contribution in [0.1, 0.15) is 49.0 Å². The maximum Gasteiger partial charge on any atom is 0.256 e. The van der Waals surface area contributed by atoms with Crippen molar-refractivity contribution >= 4 is 15.9 Å². The number of aryl methyl sites for hydroxylation is 1. The Morgan fingerprint density at radius 3 is 2.44 bits per heavy atom. The Morgan fingerprint density at radius 1 is 1.12 bits per heavy atom. The number of carbonyl (C=O) groups is 1. The summed E-state index contributed by atoms with van der Waals surface area (Å²) >= 11 is 0. The Kier molecular flexibility index (Phi) is 8.26. The van der Waals surface area contributed by atoms with Crippen molar-refractivity contribution < 1.29 is 22.3 Å². The molecule has 0 unspecified atom stereocenters. The molecule has 174 valence electrons. The number of ether oxygens (including phenoxy) is 1. The monoisotopic (exact) mass is 462 g/mol. The minimum absolute atomic E-state index is 0.102. The first-order valence-electron chi connectivity index (χ1n) is 11.1. The van der Waals surface area contributed by atoms with Gasteiger partial charge in [0.15, 0.2) is 0 Å². The average Bonchev–Trinajstić information content (AvgIpc) is 2.79. The molecule has 0 atom stereocenters. The molecule has 1 aliphatic rings. The number of benzene rings is 2. The van der Waals surface area contributed by atoms with Crippen LogP contribution in [0.5, 0.6) is 5.75 Å². The van der Waals surface area contributed by atoms with E-state index in [2.05, 4.69) is 16.9 Å². The van der Waals surface area contributed by atoms with E-state index in [9.17, 15) is 17.6 Å². The molecule has 2 aromatic rings. The first-order valence-corrected chi connectivity index (χ1v) is 12.6. The molecule has 1 fully saturated rings. The van der Waals surface area contributed by atoms with Gasteiger partial charge in [0.2, 0.25) is 10.0 Å². The molecular weight excluding hydrogens is 431 g/mol. The smallest absolute Gasteiger partial charge is 0.256 e. The minimum atomic E-state index is -3.76. The van der Waals surface area contributed by atoms with Crippen LogP contribution < -0.4 is 9.46 Å². The molecule has 1 amide bonds. The average molecular weight is 463 g/mol. The maximum atomic E-state index is 14.3. The van der Waals surface area contributed by atoms with Crippen molar-refractivity contribution in [3.05, 3.63) is 59.4 Å². The fourth-order valence-electron chi connectivity index (χ4n) is 3.99. The number of likely N-dealkylation sites (tertiary alicyclic amines) is 1. The van der Waals surface area contributed by atoms with Gasteiger partial charge in [-0.25, -0.2) is 17.5 Å². The molecule has 1 N–H and O–H groups in total. The summed E-state index contributed by atoms with van der Waals surface area (Å²) < 4.78 is 46.6. The quantitative estimate of drug-likeness (QED) is 0.611. The number of nitrogens with one attached hydrogen (secondary N) is 1. The van der Waals surface area contributed by atoms with Gasteiger partial charge in [0, 0.05) is 19.6 Å². The van der Waals surface area contributed by atoms with Gasteiger partial charge in [-0.15, -0.1) is 0 Å². The summed E-state index contributed by atoms with van der Waals surface area (Å²) in [7, 11) is -3.76. The number of amides is 1. The Hall–Kier alpha value is -2.45. The van der Waals surface area contributed by atoms with Crippen LogP contribution in [0.25, 0.3) is 0 Å². The minimum Gasteiger partial charge on any atom is -0.494 e. The van der Waals surface area contributed by atoms with Crippen LogP contribution in [0.3, 0.4) is 0 Å². The summed E-state index contributed by atoms with van der Waals surface area (Å²) in [5, 5.41) is 0. The maximum absolute atomic E-state index is 14.3. The van der Waals surface area contributed by atoms with Gasteiger partial charge in [-0.2, -0.15) is 0 Å². The van der Waals surface area contributed by atoms with E-state index in [1.165, 1.54) is 11.6 Å². The number of rotatable bonds is 9. The third-order valence-corrected chi connectivity index (χ3v) is 7.33. The van der Waals surface area contributed by atoms with Crippen molar-refractivity contribution in [2.45, 2.75) is 44.4 Å². The zero-order valence-electron chi connectivity index (χ0n) is 18.6. The van der Waals surface area contributed by atoms with Gasteiger partial charge in [0.05, 0.1) is 17.1 Å². The number of nitrogens with zero attached hydrogens (tertiary/aromatic N) is 1. The standard InChI is InChI=1S/C24H31FN2O4S/c1-3-26-32(29,30)21-11-12-23(25)22(17-21)24(28)27-15-13-19(14-16-27)6-5-18-7-9-20(10-8-18)31-4-2/h7-12,17,19,26H,3-6,13-16H2,1-2H3. The molecule has 2 aromatic carbocycles. The van der Waals surface area contributed by atoms with Gasteiger partial charge < -0.3 is 9.64 Å². The van der Waals surface area contributed by atoms with Crippen molar-refractivity contribution in [3.8, 4) is 5.75 Å². The second-order valence-electron chi connectivity index (χ2n) is 7.99. The summed E-state index contributed by atoms with van der Waals surface area (Å²) in [6, 6.07) is 11.5. The molecule has 1 heterocycles. The molecule has 3 rings (SSSR count). The van der Waals surface area contributed by atoms with Gasteiger partial charge in [0.1, 0.15) is 11.6 Å². The SMILES string of the molecule is CCNS(=O)(=O)c1ccc(F)c(C(=O)N2CCC(CCc3ccc(OCC)cc3)CC2)c1. The van der Waals surface area contributed by atoms with E-state index in [0.29, 0.717) is 25.6 Å². The van der Waals surface area contributed by atoms with Crippen LogP contribution in [0, 0.1) is 11.7 Å². The number of halogens is 1. The number of sulfonamides is 1. The highest BCUT2D eigenvalue weighted by molar-refractivity contribution is 7.89. The molecule has 1 aliphatic heterocycles. The molecule has 1 saturated heterocycles. The van der Waals surface area contributed by atoms with E-state index in [-0.39, 0.29) is 17.0 Å². The van der Waals surface area contributed by atoms with E-state index in [1.54, 1.807) is 11.8 Å². The fourth-order valence-corrected chi connectivity index (χ4v) is 5.06. The summed E-state index contributed by atoms with van der Waals surface area (Å²) in [6.45, 7) is 5.56. The highest BCUT2D eigenvalue weighted by atomic mass is 32.2. The van der Waals surface area contributed by atoms with Crippen molar-refractivity contribution in [1.82, 2.24) is 9.62 Å². The fraction of sp³-hybridized carbons (Fsp3) is 0.458. The van der Waals surface area contributed by atoms with Crippen LogP contribution in [-0.2, 0) is 16.4 Å². The number of carbonyl (C=O) groups excluding carboxylic acids is 1. The molecule has 0 aliphatic carbocycles. The molecule has 32 heavy (non-hydrogen) atoms. The Bertz CT molecular complexity index is 1020. The number of piperidine rings is 1. The molecule has 0 aromatic heterocycles. The van der Waals surface area contributed by atoms with Crippen LogP contribution in [0.4, 0.5) is 4.39 Å². The van der Waals surface area contributed by atoms with E-state index in [4.69, 9.17) is 4.74 Å². The Balaban J connectivity index is 1.56. The predicted molar refractivity (Wildman–Crippen MR) is 122 cm³/mol. The van der Waals surface area contributed by atoms with Crippen LogP contribution in [-0.4, -0.2) is 45.5 Å². The zero-order valence-corrected chi connectivity index (χ0v) is 19.5. The first-order chi connectivity index (χ1) is 15.3.